The van der Waals surface area contributed by atoms with Gasteiger partial charge >= 0.3 is 0 Å². The number of thiazole rings is 1. The van der Waals surface area contributed by atoms with Gasteiger partial charge in [-0.3, -0.25) is 0 Å². The fourth-order valence-corrected chi connectivity index (χ4v) is 2.27. The van der Waals surface area contributed by atoms with Crippen molar-refractivity contribution in [1.29, 1.82) is 0 Å². The van der Waals surface area contributed by atoms with Crippen molar-refractivity contribution in [3.8, 4) is 10.6 Å². The molecular weight excluding hydrogens is 222 g/mol. The molecule has 0 fully saturated rings. The van der Waals surface area contributed by atoms with E-state index >= 15 is 0 Å². The molecule has 1 aromatic heterocycles. The van der Waals surface area contributed by atoms with E-state index in [0.717, 1.165) is 26.7 Å². The van der Waals surface area contributed by atoms with Gasteiger partial charge < -0.3 is 0 Å². The Labute approximate surface area is 98.8 Å². The highest BCUT2D eigenvalue weighted by molar-refractivity contribution is 7.80. The van der Waals surface area contributed by atoms with Gasteiger partial charge in [-0.1, -0.05) is 36.5 Å². The van der Waals surface area contributed by atoms with Crippen LogP contribution in [-0.2, 0) is 0 Å². The zero-order chi connectivity index (χ0) is 10.8. The van der Waals surface area contributed by atoms with Gasteiger partial charge in [-0.05, 0) is 19.4 Å². The molecule has 3 heteroatoms. The van der Waals surface area contributed by atoms with Crippen LogP contribution in [0.1, 0.15) is 18.2 Å². The molecule has 0 aliphatic carbocycles. The van der Waals surface area contributed by atoms with Crippen LogP contribution in [0.15, 0.2) is 29.6 Å². The van der Waals surface area contributed by atoms with Crippen molar-refractivity contribution in [2.45, 2.75) is 13.8 Å². The van der Waals surface area contributed by atoms with Crippen molar-refractivity contribution in [3.05, 3.63) is 40.9 Å². The molecule has 1 aromatic carbocycles. The van der Waals surface area contributed by atoms with Crippen molar-refractivity contribution in [1.82, 2.24) is 4.98 Å². The average Bonchev–Trinajstić information content (AvgIpc) is 2.65. The van der Waals surface area contributed by atoms with Gasteiger partial charge in [0, 0.05) is 21.5 Å². The SMILES string of the molecule is CC(=S)c1ccc(-c2nc(C)cs2)cc1. The number of aromatic nitrogens is 1. The third-order valence-electron chi connectivity index (χ3n) is 2.16. The second-order valence-electron chi connectivity index (χ2n) is 3.43. The van der Waals surface area contributed by atoms with Crippen LogP contribution >= 0.6 is 23.6 Å². The molecule has 0 atom stereocenters. The predicted molar refractivity (Wildman–Crippen MR) is 69.7 cm³/mol. The number of benzene rings is 1. The van der Waals surface area contributed by atoms with Crippen LogP contribution in [0.4, 0.5) is 0 Å². The lowest BCUT2D eigenvalue weighted by Gasteiger charge is -1.99. The summed E-state index contributed by atoms with van der Waals surface area (Å²) >= 11 is 6.79. The Hall–Kier alpha value is -1.06. The van der Waals surface area contributed by atoms with E-state index in [-0.39, 0.29) is 0 Å². The monoisotopic (exact) mass is 233 g/mol. The molecule has 15 heavy (non-hydrogen) atoms. The summed E-state index contributed by atoms with van der Waals surface area (Å²) in [6, 6.07) is 8.25. The molecule has 0 unspecified atom stereocenters. The summed E-state index contributed by atoms with van der Waals surface area (Å²) in [6.45, 7) is 3.95. The summed E-state index contributed by atoms with van der Waals surface area (Å²) in [5.41, 5.74) is 3.35. The van der Waals surface area contributed by atoms with Gasteiger partial charge in [0.15, 0.2) is 0 Å². The van der Waals surface area contributed by atoms with Gasteiger partial charge in [0.2, 0.25) is 0 Å². The maximum atomic E-state index is 5.11. The van der Waals surface area contributed by atoms with E-state index in [1.54, 1.807) is 11.3 Å². The highest BCUT2D eigenvalue weighted by Crippen LogP contribution is 2.23. The largest absolute Gasteiger partial charge is 0.241 e. The number of hydrogen-bond donors (Lipinski definition) is 0. The van der Waals surface area contributed by atoms with Crippen molar-refractivity contribution in [3.63, 3.8) is 0 Å². The van der Waals surface area contributed by atoms with Gasteiger partial charge in [-0.2, -0.15) is 0 Å². The number of rotatable bonds is 2. The summed E-state index contributed by atoms with van der Waals surface area (Å²) in [5, 5.41) is 3.13. The van der Waals surface area contributed by atoms with E-state index in [0.29, 0.717) is 0 Å². The zero-order valence-corrected chi connectivity index (χ0v) is 10.3. The normalized spacial score (nSPS) is 10.3. The first-order valence-corrected chi connectivity index (χ1v) is 5.99. The average molecular weight is 233 g/mol. The summed E-state index contributed by atoms with van der Waals surface area (Å²) in [7, 11) is 0. The molecule has 0 spiro atoms. The van der Waals surface area contributed by atoms with E-state index in [1.807, 2.05) is 13.8 Å². The summed E-state index contributed by atoms with van der Waals surface area (Å²) < 4.78 is 0. The van der Waals surface area contributed by atoms with Crippen LogP contribution in [0.25, 0.3) is 10.6 Å². The zero-order valence-electron chi connectivity index (χ0n) is 8.65. The molecule has 1 heterocycles. The molecule has 0 radical (unpaired) electrons. The lowest BCUT2D eigenvalue weighted by Crippen LogP contribution is -1.89. The van der Waals surface area contributed by atoms with Crippen molar-refractivity contribution in [2.75, 3.05) is 0 Å². The minimum Gasteiger partial charge on any atom is -0.241 e. The quantitative estimate of drug-likeness (QED) is 0.577. The third-order valence-corrected chi connectivity index (χ3v) is 3.40. The van der Waals surface area contributed by atoms with Crippen LogP contribution in [0, 0.1) is 6.92 Å². The smallest absolute Gasteiger partial charge is 0.123 e. The summed E-state index contributed by atoms with van der Waals surface area (Å²) in [4.78, 5) is 5.37. The van der Waals surface area contributed by atoms with E-state index in [4.69, 9.17) is 12.2 Å². The maximum absolute atomic E-state index is 5.11. The molecular formula is C12H11NS2. The van der Waals surface area contributed by atoms with E-state index in [1.165, 1.54) is 0 Å². The van der Waals surface area contributed by atoms with Crippen LogP contribution < -0.4 is 0 Å². The van der Waals surface area contributed by atoms with Crippen LogP contribution in [0.5, 0.6) is 0 Å². The van der Waals surface area contributed by atoms with Gasteiger partial charge in [0.25, 0.3) is 0 Å². The molecule has 0 N–H and O–H groups in total. The van der Waals surface area contributed by atoms with Crippen molar-refractivity contribution in [2.24, 2.45) is 0 Å². The number of nitrogens with zero attached hydrogens (tertiary/aromatic N) is 1. The Balaban J connectivity index is 2.35. The van der Waals surface area contributed by atoms with Crippen molar-refractivity contribution >= 4 is 28.4 Å². The standard InChI is InChI=1S/C12H11NS2/c1-8-7-15-12(13-8)11-5-3-10(4-6-11)9(2)14/h3-7H,1-2H3. The van der Waals surface area contributed by atoms with Gasteiger partial charge in [0.1, 0.15) is 5.01 Å². The molecule has 0 saturated carbocycles. The van der Waals surface area contributed by atoms with E-state index < -0.39 is 0 Å². The Morgan fingerprint density at radius 2 is 1.93 bits per heavy atom. The Kier molecular flexibility index (Phi) is 2.93. The Bertz CT molecular complexity index is 483. The van der Waals surface area contributed by atoms with Gasteiger partial charge in [-0.15, -0.1) is 11.3 Å². The van der Waals surface area contributed by atoms with Crippen molar-refractivity contribution < 1.29 is 0 Å². The second-order valence-corrected chi connectivity index (χ2v) is 4.90. The van der Waals surface area contributed by atoms with E-state index in [2.05, 4.69) is 34.6 Å². The molecule has 76 valence electrons. The lowest BCUT2D eigenvalue weighted by atomic mass is 10.1. The molecule has 0 amide bonds. The minimum absolute atomic E-state index is 0.928. The van der Waals surface area contributed by atoms with E-state index in [9.17, 15) is 0 Å². The minimum atomic E-state index is 0.928. The first kappa shape index (κ1) is 10.5. The lowest BCUT2D eigenvalue weighted by molar-refractivity contribution is 1.27. The molecule has 0 aliphatic heterocycles. The third kappa shape index (κ3) is 2.30. The topological polar surface area (TPSA) is 12.9 Å². The van der Waals surface area contributed by atoms with Gasteiger partial charge in [0.05, 0.1) is 0 Å². The predicted octanol–water partition coefficient (Wildman–Crippen LogP) is 3.86. The molecule has 0 aliphatic rings. The van der Waals surface area contributed by atoms with Crippen LogP contribution in [0.2, 0.25) is 0 Å². The van der Waals surface area contributed by atoms with Gasteiger partial charge in [-0.25, -0.2) is 4.98 Å². The first-order valence-electron chi connectivity index (χ1n) is 4.70. The molecule has 2 aromatic rings. The van der Waals surface area contributed by atoms with Crippen LogP contribution in [0.3, 0.4) is 0 Å². The highest BCUT2D eigenvalue weighted by Gasteiger charge is 2.02. The van der Waals surface area contributed by atoms with Crippen LogP contribution in [-0.4, -0.2) is 9.85 Å². The summed E-state index contributed by atoms with van der Waals surface area (Å²) in [5.74, 6) is 0. The molecule has 0 saturated heterocycles. The number of hydrogen-bond acceptors (Lipinski definition) is 3. The fourth-order valence-electron chi connectivity index (χ4n) is 1.33. The molecule has 1 nitrogen and oxygen atoms in total. The molecule has 0 bridgehead atoms. The Morgan fingerprint density at radius 1 is 1.27 bits per heavy atom. The fraction of sp³-hybridized carbons (Fsp3) is 0.167. The second kappa shape index (κ2) is 4.21. The number of thiocarbonyl (C=S) groups is 1. The highest BCUT2D eigenvalue weighted by atomic mass is 32.1. The summed E-state index contributed by atoms with van der Waals surface area (Å²) in [6.07, 6.45) is 0. The Morgan fingerprint density at radius 3 is 2.40 bits per heavy atom. The maximum Gasteiger partial charge on any atom is 0.123 e. The first-order chi connectivity index (χ1) is 7.16. The molecule has 2 rings (SSSR count). The number of aryl methyl sites for hydroxylation is 1.